The lowest BCUT2D eigenvalue weighted by Gasteiger charge is -2.40. The Labute approximate surface area is 124 Å². The van der Waals surface area contributed by atoms with Gasteiger partial charge in [-0.2, -0.15) is 0 Å². The van der Waals surface area contributed by atoms with Crippen LogP contribution in [-0.2, 0) is 4.74 Å². The highest BCUT2D eigenvalue weighted by Crippen LogP contribution is 2.26. The topological polar surface area (TPSA) is 152 Å². The number of nitrogens with one attached hydrogen (secondary N) is 2. The number of hydrogen-bond acceptors (Lipinski definition) is 7. The van der Waals surface area contributed by atoms with Gasteiger partial charge in [-0.05, 0) is 18.5 Å². The Morgan fingerprint density at radius 1 is 1.41 bits per heavy atom. The summed E-state index contributed by atoms with van der Waals surface area (Å²) in [4.78, 5) is 13.8. The number of fused-ring (bicyclic) bond motifs is 1. The third-order valence-electron chi connectivity index (χ3n) is 3.67. The van der Waals surface area contributed by atoms with Crippen LogP contribution in [0, 0.1) is 0 Å². The molecule has 2 aromatic rings. The number of nitrogens with zero attached hydrogens (tertiary/aromatic N) is 5. The van der Waals surface area contributed by atoms with Crippen LogP contribution in [0.2, 0.25) is 0 Å². The largest absolute Gasteiger partial charge is 0.390 e. The van der Waals surface area contributed by atoms with Gasteiger partial charge in [0.2, 0.25) is 0 Å². The summed E-state index contributed by atoms with van der Waals surface area (Å²) >= 11 is 0. The second-order valence-corrected chi connectivity index (χ2v) is 5.05. The molecule has 4 N–H and O–H groups in total. The number of aromatic nitrogens is 3. The highest BCUT2D eigenvalue weighted by molar-refractivity contribution is 5.86. The SMILES string of the molecule is C[C@@H]1O[C@H](Nc2ncnc3[nH]ccc23)[C@H](O)[C@H](O)[C@H]1N=[N+]=[N-]. The van der Waals surface area contributed by atoms with E-state index < -0.39 is 30.6 Å². The molecular weight excluding hydrogens is 290 g/mol. The van der Waals surface area contributed by atoms with Crippen molar-refractivity contribution >= 4 is 16.9 Å². The normalized spacial score (nSPS) is 31.7. The summed E-state index contributed by atoms with van der Waals surface area (Å²) in [6, 6.07) is 0.936. The summed E-state index contributed by atoms with van der Waals surface area (Å²) in [5, 5.41) is 27.4. The predicted molar refractivity (Wildman–Crippen MR) is 76.8 cm³/mol. The predicted octanol–water partition coefficient (Wildman–Crippen LogP) is 0.515. The van der Waals surface area contributed by atoms with Gasteiger partial charge in [0, 0.05) is 11.1 Å². The molecule has 3 heterocycles. The van der Waals surface area contributed by atoms with Crippen molar-refractivity contribution in [2.45, 2.75) is 37.5 Å². The van der Waals surface area contributed by atoms with Crippen LogP contribution in [0.25, 0.3) is 21.5 Å². The van der Waals surface area contributed by atoms with Crippen molar-refractivity contribution in [3.05, 3.63) is 29.0 Å². The lowest BCUT2D eigenvalue weighted by Crippen LogP contribution is -2.58. The van der Waals surface area contributed by atoms with Gasteiger partial charge in [0.25, 0.3) is 0 Å². The van der Waals surface area contributed by atoms with Crippen molar-refractivity contribution in [1.29, 1.82) is 0 Å². The molecule has 0 saturated carbocycles. The monoisotopic (exact) mass is 305 g/mol. The van der Waals surface area contributed by atoms with Gasteiger partial charge in [0.05, 0.1) is 23.6 Å². The Bertz CT molecular complexity index is 714. The average Bonchev–Trinajstić information content (AvgIpc) is 2.98. The number of anilines is 1. The Balaban J connectivity index is 1.84. The second kappa shape index (κ2) is 5.78. The standard InChI is InChI=1S/C12H15N7O3/c1-5-7(18-19-13)8(20)9(21)12(22-5)17-11-6-2-3-14-10(6)15-4-16-11/h2-5,7-9,12,20-21H,1H3,(H2,14,15,16,17)/t5-,7-,8+,9+,12-/m0/s1. The number of rotatable bonds is 3. The molecule has 2 aromatic heterocycles. The Kier molecular flexibility index (Phi) is 3.82. The number of hydrogen-bond donors (Lipinski definition) is 4. The number of ether oxygens (including phenoxy) is 1. The van der Waals surface area contributed by atoms with E-state index in [1.807, 2.05) is 0 Å². The summed E-state index contributed by atoms with van der Waals surface area (Å²) in [7, 11) is 0. The Hall–Kier alpha value is -2.39. The van der Waals surface area contributed by atoms with E-state index in [4.69, 9.17) is 10.3 Å². The molecular formula is C12H15N7O3. The van der Waals surface area contributed by atoms with Gasteiger partial charge in [-0.25, -0.2) is 9.97 Å². The Morgan fingerprint density at radius 2 is 2.23 bits per heavy atom. The van der Waals surface area contributed by atoms with Crippen LogP contribution in [0.15, 0.2) is 23.7 Å². The first-order valence-corrected chi connectivity index (χ1v) is 6.72. The lowest BCUT2D eigenvalue weighted by molar-refractivity contribution is -0.163. The molecule has 3 rings (SSSR count). The zero-order valence-electron chi connectivity index (χ0n) is 11.7. The first-order valence-electron chi connectivity index (χ1n) is 6.72. The maximum absolute atomic E-state index is 10.2. The van der Waals surface area contributed by atoms with Gasteiger partial charge in [-0.1, -0.05) is 5.11 Å². The van der Waals surface area contributed by atoms with Crippen molar-refractivity contribution in [3.8, 4) is 0 Å². The van der Waals surface area contributed by atoms with E-state index in [9.17, 15) is 10.2 Å². The van der Waals surface area contributed by atoms with Crippen LogP contribution < -0.4 is 5.32 Å². The minimum Gasteiger partial charge on any atom is -0.390 e. The molecule has 10 heteroatoms. The maximum atomic E-state index is 10.2. The molecule has 1 saturated heterocycles. The number of aromatic amines is 1. The number of aliphatic hydroxyl groups excluding tert-OH is 2. The molecule has 0 radical (unpaired) electrons. The van der Waals surface area contributed by atoms with Crippen LogP contribution in [0.4, 0.5) is 5.82 Å². The van der Waals surface area contributed by atoms with Crippen LogP contribution in [0.5, 0.6) is 0 Å². The van der Waals surface area contributed by atoms with E-state index in [0.29, 0.717) is 11.5 Å². The molecule has 22 heavy (non-hydrogen) atoms. The molecule has 1 aliphatic rings. The fourth-order valence-corrected chi connectivity index (χ4v) is 2.51. The fraction of sp³-hybridized carbons (Fsp3) is 0.500. The van der Waals surface area contributed by atoms with Gasteiger partial charge in [-0.3, -0.25) is 0 Å². The van der Waals surface area contributed by atoms with Gasteiger partial charge in [0.15, 0.2) is 6.23 Å². The van der Waals surface area contributed by atoms with Gasteiger partial charge < -0.3 is 25.3 Å². The summed E-state index contributed by atoms with van der Waals surface area (Å²) in [6.45, 7) is 1.66. The Morgan fingerprint density at radius 3 is 3.00 bits per heavy atom. The van der Waals surface area contributed by atoms with Crippen LogP contribution in [-0.4, -0.2) is 55.7 Å². The summed E-state index contributed by atoms with van der Waals surface area (Å²) < 4.78 is 5.61. The summed E-state index contributed by atoms with van der Waals surface area (Å²) in [5.74, 6) is 0.469. The van der Waals surface area contributed by atoms with Gasteiger partial charge >= 0.3 is 0 Å². The fourth-order valence-electron chi connectivity index (χ4n) is 2.51. The van der Waals surface area contributed by atoms with E-state index in [1.165, 1.54) is 6.33 Å². The first-order chi connectivity index (χ1) is 10.6. The lowest BCUT2D eigenvalue weighted by atomic mass is 9.97. The average molecular weight is 305 g/mol. The van der Waals surface area contributed by atoms with E-state index in [2.05, 4.69) is 30.3 Å². The number of aliphatic hydroxyl groups is 2. The zero-order chi connectivity index (χ0) is 15.7. The highest BCUT2D eigenvalue weighted by atomic mass is 16.5. The summed E-state index contributed by atoms with van der Waals surface area (Å²) in [5.41, 5.74) is 9.15. The minimum atomic E-state index is -1.27. The van der Waals surface area contributed by atoms with Crippen molar-refractivity contribution in [1.82, 2.24) is 15.0 Å². The number of H-pyrrole nitrogens is 1. The first kappa shape index (κ1) is 14.5. The number of azide groups is 1. The molecule has 0 bridgehead atoms. The van der Waals surface area contributed by atoms with Crippen molar-refractivity contribution in [2.24, 2.45) is 5.11 Å². The molecule has 5 atom stereocenters. The molecule has 1 aliphatic heterocycles. The highest BCUT2D eigenvalue weighted by Gasteiger charge is 2.42. The quantitative estimate of drug-likeness (QED) is 0.368. The zero-order valence-corrected chi connectivity index (χ0v) is 11.7. The molecule has 0 aromatic carbocycles. The smallest absolute Gasteiger partial charge is 0.158 e. The van der Waals surface area contributed by atoms with E-state index in [0.717, 1.165) is 5.39 Å². The molecule has 1 fully saturated rings. The van der Waals surface area contributed by atoms with Crippen LogP contribution in [0.3, 0.4) is 0 Å². The summed E-state index contributed by atoms with van der Waals surface area (Å²) in [6.07, 6.45) is -0.855. The van der Waals surface area contributed by atoms with Crippen molar-refractivity contribution in [2.75, 3.05) is 5.32 Å². The molecule has 116 valence electrons. The molecule has 0 unspecified atom stereocenters. The second-order valence-electron chi connectivity index (χ2n) is 5.05. The van der Waals surface area contributed by atoms with Crippen molar-refractivity contribution in [3.63, 3.8) is 0 Å². The van der Waals surface area contributed by atoms with Crippen molar-refractivity contribution < 1.29 is 14.9 Å². The van der Waals surface area contributed by atoms with Crippen LogP contribution in [0.1, 0.15) is 6.92 Å². The van der Waals surface area contributed by atoms with E-state index in [-0.39, 0.29) is 0 Å². The van der Waals surface area contributed by atoms with Crippen LogP contribution >= 0.6 is 0 Å². The van der Waals surface area contributed by atoms with E-state index in [1.54, 1.807) is 19.2 Å². The van der Waals surface area contributed by atoms with Gasteiger partial charge in [-0.15, -0.1) is 0 Å². The van der Waals surface area contributed by atoms with E-state index >= 15 is 0 Å². The molecule has 0 spiro atoms. The molecule has 0 amide bonds. The third kappa shape index (κ3) is 2.44. The third-order valence-corrected chi connectivity index (χ3v) is 3.67. The van der Waals surface area contributed by atoms with Gasteiger partial charge in [0.1, 0.15) is 23.9 Å². The molecule has 10 nitrogen and oxygen atoms in total. The maximum Gasteiger partial charge on any atom is 0.158 e. The minimum absolute atomic E-state index is 0.469. The molecule has 0 aliphatic carbocycles.